The highest BCUT2D eigenvalue weighted by Crippen LogP contribution is 2.34. The van der Waals surface area contributed by atoms with Crippen LogP contribution in [0.5, 0.6) is 5.75 Å². The third-order valence-corrected chi connectivity index (χ3v) is 3.97. The summed E-state index contributed by atoms with van der Waals surface area (Å²) in [7, 11) is 0. The summed E-state index contributed by atoms with van der Waals surface area (Å²) in [5, 5.41) is 0.475. The highest BCUT2D eigenvalue weighted by Gasteiger charge is 2.13. The lowest BCUT2D eigenvalue weighted by molar-refractivity contribution is 0.307. The zero-order chi connectivity index (χ0) is 16.9. The molecule has 0 spiro atoms. The number of ether oxygens (including phenoxy) is 1. The van der Waals surface area contributed by atoms with Crippen molar-refractivity contribution in [3.05, 3.63) is 88.7 Å². The first kappa shape index (κ1) is 19.3. The molecule has 3 aromatic rings. The second kappa shape index (κ2) is 8.86. The minimum Gasteiger partial charge on any atom is -0.488 e. The van der Waals surface area contributed by atoms with E-state index < -0.39 is 0 Å². The van der Waals surface area contributed by atoms with E-state index in [1.165, 1.54) is 12.1 Å². The molecule has 0 atom stereocenters. The van der Waals surface area contributed by atoms with E-state index >= 15 is 0 Å². The van der Waals surface area contributed by atoms with Crippen LogP contribution in [0.15, 0.2) is 66.7 Å². The third-order valence-electron chi connectivity index (χ3n) is 3.74. The quantitative estimate of drug-likeness (QED) is 0.627. The maximum absolute atomic E-state index is 14.2. The summed E-state index contributed by atoms with van der Waals surface area (Å²) in [6, 6.07) is 19.8. The minimum absolute atomic E-state index is 0. The summed E-state index contributed by atoms with van der Waals surface area (Å²) in [4.78, 5) is 0. The number of halogens is 3. The van der Waals surface area contributed by atoms with Gasteiger partial charge in [0.2, 0.25) is 0 Å². The van der Waals surface area contributed by atoms with E-state index in [0.717, 1.165) is 11.1 Å². The van der Waals surface area contributed by atoms with Crippen LogP contribution in [0, 0.1) is 5.82 Å². The van der Waals surface area contributed by atoms with Crippen molar-refractivity contribution in [2.75, 3.05) is 0 Å². The predicted octanol–water partition coefficient (Wildman–Crippen LogP) is 5.61. The van der Waals surface area contributed by atoms with Gasteiger partial charge in [-0.05, 0) is 35.4 Å². The Labute approximate surface area is 157 Å². The zero-order valence-corrected chi connectivity index (χ0v) is 15.0. The van der Waals surface area contributed by atoms with Gasteiger partial charge < -0.3 is 10.5 Å². The van der Waals surface area contributed by atoms with Crippen LogP contribution in [-0.2, 0) is 13.2 Å². The third kappa shape index (κ3) is 4.73. The molecule has 130 valence electrons. The Kier molecular flexibility index (Phi) is 6.82. The molecule has 25 heavy (non-hydrogen) atoms. The van der Waals surface area contributed by atoms with Gasteiger partial charge in [0.1, 0.15) is 18.2 Å². The molecule has 3 aromatic carbocycles. The summed E-state index contributed by atoms with van der Waals surface area (Å²) in [5.74, 6) is 0.243. The van der Waals surface area contributed by atoms with Crippen LogP contribution in [0.4, 0.5) is 4.39 Å². The van der Waals surface area contributed by atoms with E-state index in [-0.39, 0.29) is 18.2 Å². The SMILES string of the molecule is Cl.NCc1ccc(-c2cc(Cl)ccc2F)c(OCc2ccccc2)c1. The molecule has 0 amide bonds. The summed E-state index contributed by atoms with van der Waals surface area (Å²) in [5.41, 5.74) is 8.74. The first-order valence-corrected chi connectivity index (χ1v) is 8.00. The van der Waals surface area contributed by atoms with Crippen LogP contribution in [0.1, 0.15) is 11.1 Å². The van der Waals surface area contributed by atoms with Crippen molar-refractivity contribution in [3.63, 3.8) is 0 Å². The zero-order valence-electron chi connectivity index (χ0n) is 13.4. The molecule has 0 radical (unpaired) electrons. The van der Waals surface area contributed by atoms with Gasteiger partial charge in [-0.1, -0.05) is 54.1 Å². The summed E-state index contributed by atoms with van der Waals surface area (Å²) < 4.78 is 20.2. The van der Waals surface area contributed by atoms with Crippen LogP contribution in [0.25, 0.3) is 11.1 Å². The lowest BCUT2D eigenvalue weighted by Crippen LogP contribution is -2.01. The van der Waals surface area contributed by atoms with E-state index in [2.05, 4.69) is 0 Å². The molecule has 0 aliphatic rings. The van der Waals surface area contributed by atoms with Gasteiger partial charge in [-0.25, -0.2) is 4.39 Å². The molecule has 0 aromatic heterocycles. The Morgan fingerprint density at radius 3 is 2.36 bits per heavy atom. The molecule has 0 saturated heterocycles. The van der Waals surface area contributed by atoms with Crippen LogP contribution in [0.2, 0.25) is 5.02 Å². The Bertz CT molecular complexity index is 840. The van der Waals surface area contributed by atoms with Crippen molar-refractivity contribution in [1.82, 2.24) is 0 Å². The Hall–Kier alpha value is -2.07. The second-order valence-corrected chi connectivity index (χ2v) is 5.87. The normalized spacial score (nSPS) is 10.2. The standard InChI is InChI=1S/C20H17ClFNO.ClH/c21-16-7-9-19(22)18(11-16)17-8-6-15(12-23)10-20(17)24-13-14-4-2-1-3-5-14;/h1-11H,12-13,23H2;1H. The Morgan fingerprint density at radius 1 is 0.880 bits per heavy atom. The van der Waals surface area contributed by atoms with E-state index in [1.807, 2.05) is 48.5 Å². The largest absolute Gasteiger partial charge is 0.488 e. The first-order chi connectivity index (χ1) is 11.7. The van der Waals surface area contributed by atoms with Gasteiger partial charge in [0, 0.05) is 22.7 Å². The highest BCUT2D eigenvalue weighted by atomic mass is 35.5. The second-order valence-electron chi connectivity index (χ2n) is 5.43. The van der Waals surface area contributed by atoms with Gasteiger partial charge in [-0.2, -0.15) is 0 Å². The molecule has 2 N–H and O–H groups in total. The number of nitrogens with two attached hydrogens (primary N) is 1. The molecule has 5 heteroatoms. The molecule has 0 unspecified atom stereocenters. The Balaban J connectivity index is 0.00000225. The van der Waals surface area contributed by atoms with Crippen molar-refractivity contribution in [3.8, 4) is 16.9 Å². The topological polar surface area (TPSA) is 35.2 Å². The molecule has 0 fully saturated rings. The molecular formula is C20H18Cl2FNO. The first-order valence-electron chi connectivity index (χ1n) is 7.62. The van der Waals surface area contributed by atoms with Gasteiger partial charge in [0.05, 0.1) is 0 Å². The monoisotopic (exact) mass is 377 g/mol. The van der Waals surface area contributed by atoms with E-state index in [0.29, 0.717) is 35.1 Å². The number of hydrogen-bond acceptors (Lipinski definition) is 2. The Morgan fingerprint density at radius 2 is 1.64 bits per heavy atom. The number of hydrogen-bond donors (Lipinski definition) is 1. The van der Waals surface area contributed by atoms with Gasteiger partial charge >= 0.3 is 0 Å². The lowest BCUT2D eigenvalue weighted by Gasteiger charge is -2.14. The van der Waals surface area contributed by atoms with Crippen molar-refractivity contribution in [2.45, 2.75) is 13.2 Å². The summed E-state index contributed by atoms with van der Waals surface area (Å²) in [6.45, 7) is 0.782. The molecule has 2 nitrogen and oxygen atoms in total. The van der Waals surface area contributed by atoms with E-state index in [1.54, 1.807) is 6.07 Å². The van der Waals surface area contributed by atoms with E-state index in [4.69, 9.17) is 22.1 Å². The highest BCUT2D eigenvalue weighted by molar-refractivity contribution is 6.30. The fourth-order valence-electron chi connectivity index (χ4n) is 2.47. The van der Waals surface area contributed by atoms with Gasteiger partial charge in [-0.3, -0.25) is 0 Å². The molecule has 0 bridgehead atoms. The van der Waals surface area contributed by atoms with Gasteiger partial charge in [-0.15, -0.1) is 12.4 Å². The molecule has 0 aliphatic carbocycles. The molecule has 0 heterocycles. The molecule has 3 rings (SSSR count). The lowest BCUT2D eigenvalue weighted by atomic mass is 10.0. The summed E-state index contributed by atoms with van der Waals surface area (Å²) >= 11 is 6.02. The van der Waals surface area contributed by atoms with Crippen LogP contribution in [-0.4, -0.2) is 0 Å². The van der Waals surface area contributed by atoms with E-state index in [9.17, 15) is 4.39 Å². The maximum Gasteiger partial charge on any atom is 0.131 e. The number of rotatable bonds is 5. The fraction of sp³-hybridized carbons (Fsp3) is 0.100. The average molecular weight is 378 g/mol. The van der Waals surface area contributed by atoms with Crippen LogP contribution in [0.3, 0.4) is 0 Å². The molecule has 0 aliphatic heterocycles. The van der Waals surface area contributed by atoms with Gasteiger partial charge in [0.15, 0.2) is 0 Å². The van der Waals surface area contributed by atoms with Gasteiger partial charge in [0.25, 0.3) is 0 Å². The van der Waals surface area contributed by atoms with Crippen LogP contribution >= 0.6 is 24.0 Å². The maximum atomic E-state index is 14.2. The van der Waals surface area contributed by atoms with Crippen molar-refractivity contribution in [2.24, 2.45) is 5.73 Å². The average Bonchev–Trinajstić information content (AvgIpc) is 2.62. The van der Waals surface area contributed by atoms with Crippen molar-refractivity contribution in [1.29, 1.82) is 0 Å². The molecular weight excluding hydrogens is 360 g/mol. The number of benzene rings is 3. The van der Waals surface area contributed by atoms with Crippen molar-refractivity contribution >= 4 is 24.0 Å². The summed E-state index contributed by atoms with van der Waals surface area (Å²) in [6.07, 6.45) is 0. The fourth-order valence-corrected chi connectivity index (χ4v) is 2.65. The van der Waals surface area contributed by atoms with Crippen LogP contribution < -0.4 is 10.5 Å². The smallest absolute Gasteiger partial charge is 0.131 e. The predicted molar refractivity (Wildman–Crippen MR) is 103 cm³/mol. The minimum atomic E-state index is -0.343. The molecule has 0 saturated carbocycles. The van der Waals surface area contributed by atoms with Crippen molar-refractivity contribution < 1.29 is 9.13 Å².